The average molecular weight is 467 g/mol. The van der Waals surface area contributed by atoms with Crippen molar-refractivity contribution in [3.63, 3.8) is 0 Å². The quantitative estimate of drug-likeness (QED) is 0.547. The van der Waals surface area contributed by atoms with Crippen molar-refractivity contribution in [3.8, 4) is 0 Å². The molecule has 0 spiro atoms. The van der Waals surface area contributed by atoms with Crippen LogP contribution >= 0.6 is 0 Å². The zero-order valence-corrected chi connectivity index (χ0v) is 19.8. The molecule has 0 bridgehead atoms. The van der Waals surface area contributed by atoms with E-state index in [1.165, 1.54) is 4.31 Å². The van der Waals surface area contributed by atoms with Crippen molar-refractivity contribution >= 4 is 15.9 Å². The third-order valence-corrected chi connectivity index (χ3v) is 8.17. The predicted octanol–water partition coefficient (Wildman–Crippen LogP) is 4.71. The van der Waals surface area contributed by atoms with Gasteiger partial charge in [0.2, 0.25) is 15.9 Å². The van der Waals surface area contributed by atoms with Crippen molar-refractivity contribution in [2.75, 3.05) is 13.1 Å². The molecule has 0 saturated carbocycles. The zero-order chi connectivity index (χ0) is 23.4. The summed E-state index contributed by atoms with van der Waals surface area (Å²) in [6.07, 6.45) is 2.55. The largest absolute Gasteiger partial charge is 0.467 e. The van der Waals surface area contributed by atoms with Crippen LogP contribution < -0.4 is 5.32 Å². The van der Waals surface area contributed by atoms with Crippen molar-refractivity contribution in [1.82, 2.24) is 9.62 Å². The number of piperidine rings is 1. The maximum Gasteiger partial charge on any atom is 0.243 e. The van der Waals surface area contributed by atoms with Crippen LogP contribution in [-0.2, 0) is 14.8 Å². The van der Waals surface area contributed by atoms with Crippen LogP contribution in [0.5, 0.6) is 0 Å². The Morgan fingerprint density at radius 1 is 0.939 bits per heavy atom. The maximum atomic E-state index is 13.1. The molecular formula is C26H30N2O4S. The topological polar surface area (TPSA) is 79.6 Å². The van der Waals surface area contributed by atoms with Crippen LogP contribution in [0.3, 0.4) is 0 Å². The first-order valence-corrected chi connectivity index (χ1v) is 12.8. The van der Waals surface area contributed by atoms with Crippen LogP contribution in [0.25, 0.3) is 0 Å². The molecule has 1 aliphatic rings. The van der Waals surface area contributed by atoms with Crippen molar-refractivity contribution in [1.29, 1.82) is 0 Å². The normalized spacial score (nSPS) is 16.6. The van der Waals surface area contributed by atoms with E-state index < -0.39 is 10.0 Å². The molecule has 1 N–H and O–H groups in total. The molecule has 7 heteroatoms. The number of furan rings is 1. The molecule has 1 amide bonds. The Bertz CT molecular complexity index is 1150. The van der Waals surface area contributed by atoms with Crippen molar-refractivity contribution in [2.45, 2.75) is 43.5 Å². The van der Waals surface area contributed by atoms with Gasteiger partial charge >= 0.3 is 0 Å². The number of benzene rings is 2. The Kier molecular flexibility index (Phi) is 7.00. The van der Waals surface area contributed by atoms with Gasteiger partial charge in [-0.25, -0.2) is 8.42 Å². The lowest BCUT2D eigenvalue weighted by Gasteiger charge is -2.31. The fraction of sp³-hybridized carbons (Fsp3) is 0.346. The molecule has 1 saturated heterocycles. The number of rotatable bonds is 7. The highest BCUT2D eigenvalue weighted by Gasteiger charge is 2.33. The maximum absolute atomic E-state index is 13.1. The number of hydrogen-bond acceptors (Lipinski definition) is 4. The smallest absolute Gasteiger partial charge is 0.243 e. The first-order valence-electron chi connectivity index (χ1n) is 11.3. The van der Waals surface area contributed by atoms with Crippen molar-refractivity contribution in [3.05, 3.63) is 89.9 Å². The fourth-order valence-corrected chi connectivity index (χ4v) is 5.68. The number of nitrogens with one attached hydrogen (secondary N) is 1. The Balaban J connectivity index is 1.41. The van der Waals surface area contributed by atoms with Gasteiger partial charge in [0, 0.05) is 19.0 Å². The summed E-state index contributed by atoms with van der Waals surface area (Å²) in [7, 11) is -3.57. The fourth-order valence-electron chi connectivity index (χ4n) is 4.21. The van der Waals surface area contributed by atoms with E-state index >= 15 is 0 Å². The second-order valence-electron chi connectivity index (χ2n) is 8.77. The number of sulfonamides is 1. The third-order valence-electron chi connectivity index (χ3n) is 6.26. The summed E-state index contributed by atoms with van der Waals surface area (Å²) in [5.41, 5.74) is 2.04. The molecule has 174 valence electrons. The molecule has 1 unspecified atom stereocenters. The monoisotopic (exact) mass is 466 g/mol. The molecular weight excluding hydrogens is 436 g/mol. The minimum absolute atomic E-state index is 0.0846. The lowest BCUT2D eigenvalue weighted by Crippen LogP contribution is -2.43. The SMILES string of the molecule is CC(C)c1ccc(S(=O)(=O)N2CCC(C(=O)NC(c3ccccc3)c3ccco3)CC2)cc1. The Morgan fingerprint density at radius 2 is 1.61 bits per heavy atom. The van der Waals surface area contributed by atoms with E-state index in [-0.39, 0.29) is 17.9 Å². The Labute approximate surface area is 195 Å². The summed E-state index contributed by atoms with van der Waals surface area (Å²) in [6.45, 7) is 4.80. The summed E-state index contributed by atoms with van der Waals surface area (Å²) in [5.74, 6) is 0.677. The zero-order valence-electron chi connectivity index (χ0n) is 19.0. The molecule has 33 heavy (non-hydrogen) atoms. The second-order valence-corrected chi connectivity index (χ2v) is 10.7. The summed E-state index contributed by atoms with van der Waals surface area (Å²) in [5, 5.41) is 3.11. The van der Waals surface area contributed by atoms with Gasteiger partial charge in [0.05, 0.1) is 11.2 Å². The highest BCUT2D eigenvalue weighted by molar-refractivity contribution is 7.89. The van der Waals surface area contributed by atoms with Gasteiger partial charge in [-0.15, -0.1) is 0 Å². The first kappa shape index (κ1) is 23.3. The lowest BCUT2D eigenvalue weighted by molar-refractivity contribution is -0.126. The predicted molar refractivity (Wildman–Crippen MR) is 127 cm³/mol. The van der Waals surface area contributed by atoms with E-state index in [4.69, 9.17) is 4.42 Å². The molecule has 2 heterocycles. The Morgan fingerprint density at radius 3 is 2.18 bits per heavy atom. The van der Waals surface area contributed by atoms with Crippen LogP contribution in [-0.4, -0.2) is 31.7 Å². The third kappa shape index (κ3) is 5.20. The van der Waals surface area contributed by atoms with E-state index in [2.05, 4.69) is 19.2 Å². The Hall–Kier alpha value is -2.90. The molecule has 1 fully saturated rings. The van der Waals surface area contributed by atoms with Crippen LogP contribution in [0.4, 0.5) is 0 Å². The van der Waals surface area contributed by atoms with Crippen LogP contribution in [0.1, 0.15) is 55.5 Å². The molecule has 0 aliphatic carbocycles. The minimum Gasteiger partial charge on any atom is -0.467 e. The molecule has 6 nitrogen and oxygen atoms in total. The van der Waals surface area contributed by atoms with Gasteiger partial charge in [-0.05, 0) is 54.2 Å². The van der Waals surface area contributed by atoms with Gasteiger partial charge in [0.15, 0.2) is 0 Å². The van der Waals surface area contributed by atoms with E-state index in [0.717, 1.165) is 11.1 Å². The summed E-state index contributed by atoms with van der Waals surface area (Å²) in [4.78, 5) is 13.4. The average Bonchev–Trinajstić information content (AvgIpc) is 3.38. The van der Waals surface area contributed by atoms with E-state index in [9.17, 15) is 13.2 Å². The first-order chi connectivity index (χ1) is 15.9. The minimum atomic E-state index is -3.57. The highest BCUT2D eigenvalue weighted by atomic mass is 32.2. The number of nitrogens with zero attached hydrogens (tertiary/aromatic N) is 1. The van der Waals surface area contributed by atoms with Crippen molar-refractivity contribution in [2.24, 2.45) is 5.92 Å². The number of carbonyl (C=O) groups is 1. The molecule has 2 aromatic carbocycles. The van der Waals surface area contributed by atoms with E-state index in [0.29, 0.717) is 42.5 Å². The van der Waals surface area contributed by atoms with Gasteiger partial charge in [-0.3, -0.25) is 4.79 Å². The van der Waals surface area contributed by atoms with Crippen molar-refractivity contribution < 1.29 is 17.6 Å². The van der Waals surface area contributed by atoms with Gasteiger partial charge in [-0.2, -0.15) is 4.31 Å². The van der Waals surface area contributed by atoms with Gasteiger partial charge in [0.1, 0.15) is 11.8 Å². The lowest BCUT2D eigenvalue weighted by atomic mass is 9.95. The number of hydrogen-bond donors (Lipinski definition) is 1. The summed E-state index contributed by atoms with van der Waals surface area (Å²) < 4.78 is 33.2. The van der Waals surface area contributed by atoms with Gasteiger partial charge < -0.3 is 9.73 Å². The highest BCUT2D eigenvalue weighted by Crippen LogP contribution is 2.27. The number of carbonyl (C=O) groups excluding carboxylic acids is 1. The summed E-state index contributed by atoms with van der Waals surface area (Å²) >= 11 is 0. The molecule has 0 radical (unpaired) electrons. The molecule has 3 aromatic rings. The molecule has 1 aliphatic heterocycles. The molecule has 1 aromatic heterocycles. The second kappa shape index (κ2) is 9.93. The van der Waals surface area contributed by atoms with E-state index in [1.54, 1.807) is 24.5 Å². The molecule has 4 rings (SSSR count). The van der Waals surface area contributed by atoms with Crippen LogP contribution in [0.15, 0.2) is 82.3 Å². The van der Waals surface area contributed by atoms with Crippen LogP contribution in [0.2, 0.25) is 0 Å². The van der Waals surface area contributed by atoms with Crippen LogP contribution in [0, 0.1) is 5.92 Å². The number of amides is 1. The standard InChI is InChI=1S/C26H30N2O4S/c1-19(2)20-10-12-23(13-11-20)33(30,31)28-16-14-22(15-17-28)26(29)27-25(24-9-6-18-32-24)21-7-4-3-5-8-21/h3-13,18-19,22,25H,14-17H2,1-2H3,(H,27,29). The van der Waals surface area contributed by atoms with E-state index in [1.807, 2.05) is 48.5 Å². The van der Waals surface area contributed by atoms with Gasteiger partial charge in [-0.1, -0.05) is 56.3 Å². The van der Waals surface area contributed by atoms with Gasteiger partial charge in [0.25, 0.3) is 0 Å². The molecule has 1 atom stereocenters. The summed E-state index contributed by atoms with van der Waals surface area (Å²) in [6, 6.07) is 20.0.